The van der Waals surface area contributed by atoms with Gasteiger partial charge in [0.05, 0.1) is 12.1 Å². The Kier molecular flexibility index (Phi) is 4.52. The minimum Gasteiger partial charge on any atom is -0.380 e. The molecule has 94 valence electrons. The lowest BCUT2D eigenvalue weighted by Gasteiger charge is -2.16. The molecule has 0 bridgehead atoms. The molecule has 0 radical (unpaired) electrons. The monoisotopic (exact) mass is 235 g/mol. The first kappa shape index (κ1) is 13.5. The van der Waals surface area contributed by atoms with Gasteiger partial charge in [-0.15, -0.1) is 0 Å². The quantitative estimate of drug-likeness (QED) is 0.624. The van der Waals surface area contributed by atoms with Crippen molar-refractivity contribution >= 4 is 11.6 Å². The highest BCUT2D eigenvalue weighted by molar-refractivity contribution is 5.93. The third-order valence-electron chi connectivity index (χ3n) is 2.04. The van der Waals surface area contributed by atoms with Gasteiger partial charge < -0.3 is 15.8 Å². The van der Waals surface area contributed by atoms with E-state index in [0.29, 0.717) is 12.6 Å². The smallest absolute Gasteiger partial charge is 0.193 e. The Morgan fingerprint density at radius 3 is 2.59 bits per heavy atom. The van der Waals surface area contributed by atoms with Crippen LogP contribution in [0.3, 0.4) is 0 Å². The second-order valence-electron chi connectivity index (χ2n) is 4.88. The predicted molar refractivity (Wildman–Crippen MR) is 72.2 cm³/mol. The SMILES string of the molecule is COCc1ccccc1NC(N)=NC(C)(C)C. The third kappa shape index (κ3) is 4.87. The Labute approximate surface area is 103 Å². The number of para-hydroxylation sites is 1. The Balaban J connectivity index is 2.84. The zero-order valence-electron chi connectivity index (χ0n) is 10.9. The Hall–Kier alpha value is -1.55. The first-order chi connectivity index (χ1) is 7.92. The molecule has 0 spiro atoms. The molecule has 4 nitrogen and oxygen atoms in total. The molecule has 4 heteroatoms. The summed E-state index contributed by atoms with van der Waals surface area (Å²) in [5.74, 6) is 0.418. The molecule has 17 heavy (non-hydrogen) atoms. The fourth-order valence-electron chi connectivity index (χ4n) is 1.45. The number of benzene rings is 1. The zero-order valence-corrected chi connectivity index (χ0v) is 10.9. The summed E-state index contributed by atoms with van der Waals surface area (Å²) in [6, 6.07) is 7.87. The van der Waals surface area contributed by atoms with Crippen LogP contribution in [-0.2, 0) is 11.3 Å². The van der Waals surface area contributed by atoms with Crippen LogP contribution in [0.25, 0.3) is 0 Å². The van der Waals surface area contributed by atoms with Gasteiger partial charge in [-0.05, 0) is 26.8 Å². The van der Waals surface area contributed by atoms with Gasteiger partial charge in [0.15, 0.2) is 5.96 Å². The number of nitrogens with one attached hydrogen (secondary N) is 1. The topological polar surface area (TPSA) is 59.6 Å². The van der Waals surface area contributed by atoms with E-state index in [1.54, 1.807) is 7.11 Å². The Morgan fingerprint density at radius 2 is 2.00 bits per heavy atom. The van der Waals surface area contributed by atoms with Crippen LogP contribution in [0.2, 0.25) is 0 Å². The Bertz CT molecular complexity index is 394. The fraction of sp³-hybridized carbons (Fsp3) is 0.462. The van der Waals surface area contributed by atoms with E-state index in [9.17, 15) is 0 Å². The van der Waals surface area contributed by atoms with Crippen LogP contribution >= 0.6 is 0 Å². The van der Waals surface area contributed by atoms with Crippen molar-refractivity contribution in [3.63, 3.8) is 0 Å². The minimum atomic E-state index is -0.187. The van der Waals surface area contributed by atoms with E-state index in [1.165, 1.54) is 0 Å². The van der Waals surface area contributed by atoms with Crippen molar-refractivity contribution in [1.29, 1.82) is 0 Å². The van der Waals surface area contributed by atoms with Crippen LogP contribution in [0.15, 0.2) is 29.3 Å². The minimum absolute atomic E-state index is 0.187. The average molecular weight is 235 g/mol. The molecule has 0 aromatic heterocycles. The Morgan fingerprint density at radius 1 is 1.35 bits per heavy atom. The van der Waals surface area contributed by atoms with Crippen LogP contribution in [-0.4, -0.2) is 18.6 Å². The standard InChI is InChI=1S/C13H21N3O/c1-13(2,3)16-12(14)15-11-8-6-5-7-10(11)9-17-4/h5-8H,9H2,1-4H3,(H3,14,15,16). The maximum atomic E-state index is 5.85. The van der Waals surface area contributed by atoms with Gasteiger partial charge in [-0.2, -0.15) is 0 Å². The number of hydrogen-bond donors (Lipinski definition) is 2. The zero-order chi connectivity index (χ0) is 12.9. The lowest BCUT2D eigenvalue weighted by atomic mass is 10.1. The van der Waals surface area contributed by atoms with E-state index in [-0.39, 0.29) is 5.54 Å². The second-order valence-corrected chi connectivity index (χ2v) is 4.88. The van der Waals surface area contributed by atoms with Crippen LogP contribution in [0.5, 0.6) is 0 Å². The van der Waals surface area contributed by atoms with Gasteiger partial charge in [0.25, 0.3) is 0 Å². The van der Waals surface area contributed by atoms with Crippen molar-refractivity contribution in [1.82, 2.24) is 0 Å². The molecular weight excluding hydrogens is 214 g/mol. The number of hydrogen-bond acceptors (Lipinski definition) is 2. The average Bonchev–Trinajstić information content (AvgIpc) is 2.18. The number of nitrogens with zero attached hydrogens (tertiary/aromatic N) is 1. The molecule has 1 aromatic carbocycles. The van der Waals surface area contributed by atoms with Gasteiger partial charge >= 0.3 is 0 Å². The van der Waals surface area contributed by atoms with Gasteiger partial charge in [0.2, 0.25) is 0 Å². The van der Waals surface area contributed by atoms with Gasteiger partial charge in [-0.3, -0.25) is 0 Å². The summed E-state index contributed by atoms with van der Waals surface area (Å²) in [5.41, 5.74) is 7.66. The maximum Gasteiger partial charge on any atom is 0.193 e. The summed E-state index contributed by atoms with van der Waals surface area (Å²) in [5, 5.41) is 3.10. The van der Waals surface area contributed by atoms with Crippen molar-refractivity contribution in [3.8, 4) is 0 Å². The van der Waals surface area contributed by atoms with E-state index in [0.717, 1.165) is 11.3 Å². The molecule has 0 fully saturated rings. The number of nitrogens with two attached hydrogens (primary N) is 1. The molecule has 1 aromatic rings. The molecule has 0 saturated heterocycles. The van der Waals surface area contributed by atoms with Gasteiger partial charge in [-0.25, -0.2) is 4.99 Å². The molecular formula is C13H21N3O. The summed E-state index contributed by atoms with van der Waals surface area (Å²) in [4.78, 5) is 4.35. The molecule has 0 heterocycles. The van der Waals surface area contributed by atoms with E-state index >= 15 is 0 Å². The highest BCUT2D eigenvalue weighted by Crippen LogP contribution is 2.16. The normalized spacial score (nSPS) is 12.6. The van der Waals surface area contributed by atoms with Crippen molar-refractivity contribution in [2.24, 2.45) is 10.7 Å². The number of rotatable bonds is 3. The van der Waals surface area contributed by atoms with Crippen LogP contribution in [0.1, 0.15) is 26.3 Å². The molecule has 0 unspecified atom stereocenters. The number of aliphatic imine (C=N–C) groups is 1. The molecule has 0 amide bonds. The van der Waals surface area contributed by atoms with E-state index < -0.39 is 0 Å². The lowest BCUT2D eigenvalue weighted by molar-refractivity contribution is 0.185. The maximum absolute atomic E-state index is 5.85. The van der Waals surface area contributed by atoms with E-state index in [4.69, 9.17) is 10.5 Å². The molecule has 0 atom stereocenters. The van der Waals surface area contributed by atoms with Crippen molar-refractivity contribution in [3.05, 3.63) is 29.8 Å². The number of anilines is 1. The molecule has 0 aliphatic heterocycles. The van der Waals surface area contributed by atoms with E-state index in [2.05, 4.69) is 10.3 Å². The summed E-state index contributed by atoms with van der Waals surface area (Å²) in [6.45, 7) is 6.56. The van der Waals surface area contributed by atoms with Gasteiger partial charge in [-0.1, -0.05) is 18.2 Å². The second kappa shape index (κ2) is 5.68. The fourth-order valence-corrected chi connectivity index (χ4v) is 1.45. The number of methoxy groups -OCH3 is 1. The first-order valence-electron chi connectivity index (χ1n) is 5.61. The van der Waals surface area contributed by atoms with Crippen LogP contribution < -0.4 is 11.1 Å². The van der Waals surface area contributed by atoms with Crippen molar-refractivity contribution in [2.45, 2.75) is 32.9 Å². The summed E-state index contributed by atoms with van der Waals surface area (Å²) in [6.07, 6.45) is 0. The van der Waals surface area contributed by atoms with Crippen LogP contribution in [0, 0.1) is 0 Å². The molecule has 0 aliphatic carbocycles. The molecule has 3 N–H and O–H groups in total. The lowest BCUT2D eigenvalue weighted by Crippen LogP contribution is -2.27. The third-order valence-corrected chi connectivity index (χ3v) is 2.04. The number of guanidine groups is 1. The molecule has 0 saturated carbocycles. The van der Waals surface area contributed by atoms with Crippen molar-refractivity contribution < 1.29 is 4.74 Å². The van der Waals surface area contributed by atoms with Crippen LogP contribution in [0.4, 0.5) is 5.69 Å². The van der Waals surface area contributed by atoms with Gasteiger partial charge in [0, 0.05) is 18.4 Å². The predicted octanol–water partition coefficient (Wildman–Crippen LogP) is 2.36. The van der Waals surface area contributed by atoms with Crippen molar-refractivity contribution in [2.75, 3.05) is 12.4 Å². The summed E-state index contributed by atoms with van der Waals surface area (Å²) < 4.78 is 5.13. The first-order valence-corrected chi connectivity index (χ1v) is 5.61. The van der Waals surface area contributed by atoms with E-state index in [1.807, 2.05) is 45.0 Å². The molecule has 1 rings (SSSR count). The highest BCUT2D eigenvalue weighted by atomic mass is 16.5. The van der Waals surface area contributed by atoms with Gasteiger partial charge in [0.1, 0.15) is 0 Å². The largest absolute Gasteiger partial charge is 0.380 e. The summed E-state index contributed by atoms with van der Waals surface area (Å²) >= 11 is 0. The summed E-state index contributed by atoms with van der Waals surface area (Å²) in [7, 11) is 1.67. The molecule has 0 aliphatic rings. The highest BCUT2D eigenvalue weighted by Gasteiger charge is 2.09. The number of ether oxygens (including phenoxy) is 1.